The molecule has 3 nitrogen and oxygen atoms in total. The van der Waals surface area contributed by atoms with Gasteiger partial charge in [0.2, 0.25) is 0 Å². The number of likely N-dealkylation sites (tertiary alicyclic amines) is 1. The normalized spacial score (nSPS) is 25.7. The molecule has 2 aliphatic heterocycles. The van der Waals surface area contributed by atoms with Crippen molar-refractivity contribution in [3.05, 3.63) is 35.6 Å². The Hall–Kier alpha value is -1.13. The third kappa shape index (κ3) is 2.22. The molecule has 2 fully saturated rings. The van der Waals surface area contributed by atoms with Gasteiger partial charge in [-0.05, 0) is 24.0 Å². The Morgan fingerprint density at radius 3 is 2.44 bits per heavy atom. The molecule has 3 rings (SSSR count). The van der Waals surface area contributed by atoms with Crippen LogP contribution in [0.25, 0.3) is 0 Å². The van der Waals surface area contributed by atoms with Crippen molar-refractivity contribution < 1.29 is 9.18 Å². The number of amides is 1. The molecule has 2 aliphatic rings. The van der Waals surface area contributed by atoms with Gasteiger partial charge in [0.15, 0.2) is 0 Å². The third-order valence-electron chi connectivity index (χ3n) is 3.78. The van der Waals surface area contributed by atoms with Gasteiger partial charge in [0.1, 0.15) is 5.82 Å². The number of fused-ring (bicyclic) bond motifs is 1. The van der Waals surface area contributed by atoms with Crippen molar-refractivity contribution in [2.24, 2.45) is 11.8 Å². The number of rotatable bonds is 1. The molecular weight excluding hydrogens is 255 g/mol. The van der Waals surface area contributed by atoms with E-state index >= 15 is 0 Å². The van der Waals surface area contributed by atoms with Gasteiger partial charge in [-0.15, -0.1) is 12.4 Å². The highest BCUT2D eigenvalue weighted by molar-refractivity contribution is 5.94. The predicted molar refractivity (Wildman–Crippen MR) is 69.4 cm³/mol. The zero-order valence-corrected chi connectivity index (χ0v) is 10.8. The minimum absolute atomic E-state index is 0. The Bertz CT molecular complexity index is 442. The highest BCUT2D eigenvalue weighted by Gasteiger charge is 2.38. The molecule has 0 radical (unpaired) electrons. The molecule has 0 spiro atoms. The summed E-state index contributed by atoms with van der Waals surface area (Å²) in [6.07, 6.45) is 0. The van der Waals surface area contributed by atoms with Crippen molar-refractivity contribution in [2.45, 2.75) is 0 Å². The zero-order chi connectivity index (χ0) is 11.8. The molecule has 5 heteroatoms. The lowest BCUT2D eigenvalue weighted by molar-refractivity contribution is 0.0777. The minimum Gasteiger partial charge on any atom is -0.338 e. The summed E-state index contributed by atoms with van der Waals surface area (Å²) in [6.45, 7) is 3.47. The van der Waals surface area contributed by atoms with Gasteiger partial charge in [0, 0.05) is 26.2 Å². The maximum Gasteiger partial charge on any atom is 0.256 e. The number of halogens is 2. The zero-order valence-electron chi connectivity index (χ0n) is 9.93. The van der Waals surface area contributed by atoms with Gasteiger partial charge in [-0.25, -0.2) is 4.39 Å². The highest BCUT2D eigenvalue weighted by atomic mass is 35.5. The molecule has 0 aliphatic carbocycles. The number of hydrogen-bond donors (Lipinski definition) is 1. The second kappa shape index (κ2) is 5.24. The van der Waals surface area contributed by atoms with E-state index in [4.69, 9.17) is 0 Å². The van der Waals surface area contributed by atoms with Gasteiger partial charge in [-0.2, -0.15) is 0 Å². The second-order valence-electron chi connectivity index (χ2n) is 4.87. The van der Waals surface area contributed by atoms with E-state index in [9.17, 15) is 9.18 Å². The largest absolute Gasteiger partial charge is 0.338 e. The van der Waals surface area contributed by atoms with Crippen LogP contribution in [0.3, 0.4) is 0 Å². The van der Waals surface area contributed by atoms with Crippen LogP contribution >= 0.6 is 12.4 Å². The molecular formula is C13H16ClFN2O. The van der Waals surface area contributed by atoms with Crippen molar-refractivity contribution >= 4 is 18.3 Å². The Morgan fingerprint density at radius 2 is 1.83 bits per heavy atom. The summed E-state index contributed by atoms with van der Waals surface area (Å²) >= 11 is 0. The first-order valence-electron chi connectivity index (χ1n) is 6.00. The average Bonchev–Trinajstić information content (AvgIpc) is 2.88. The van der Waals surface area contributed by atoms with E-state index in [1.165, 1.54) is 6.07 Å². The van der Waals surface area contributed by atoms with E-state index in [1.807, 2.05) is 0 Å². The van der Waals surface area contributed by atoms with E-state index in [1.54, 1.807) is 23.1 Å². The number of nitrogens with zero attached hydrogens (tertiary/aromatic N) is 1. The van der Waals surface area contributed by atoms with Gasteiger partial charge >= 0.3 is 0 Å². The monoisotopic (exact) mass is 270 g/mol. The van der Waals surface area contributed by atoms with Gasteiger partial charge in [0.25, 0.3) is 5.91 Å². The molecule has 1 aromatic carbocycles. The van der Waals surface area contributed by atoms with Gasteiger partial charge in [0.05, 0.1) is 5.56 Å². The minimum atomic E-state index is -0.423. The van der Waals surface area contributed by atoms with Crippen LogP contribution in [-0.2, 0) is 0 Å². The fourth-order valence-corrected chi connectivity index (χ4v) is 2.83. The molecule has 1 N–H and O–H groups in total. The van der Waals surface area contributed by atoms with E-state index in [0.717, 1.165) is 26.2 Å². The Labute approximate surface area is 112 Å². The number of carbonyl (C=O) groups is 1. The lowest BCUT2D eigenvalue weighted by Gasteiger charge is -2.17. The molecule has 0 saturated carbocycles. The van der Waals surface area contributed by atoms with Crippen LogP contribution in [0.2, 0.25) is 0 Å². The maximum absolute atomic E-state index is 13.5. The lowest BCUT2D eigenvalue weighted by atomic mass is 10.0. The van der Waals surface area contributed by atoms with Crippen LogP contribution in [0, 0.1) is 17.7 Å². The van der Waals surface area contributed by atoms with Crippen LogP contribution in [0.1, 0.15) is 10.4 Å². The molecule has 0 aromatic heterocycles. The fraction of sp³-hybridized carbons (Fsp3) is 0.462. The summed E-state index contributed by atoms with van der Waals surface area (Å²) in [4.78, 5) is 14.0. The summed E-state index contributed by atoms with van der Waals surface area (Å²) in [7, 11) is 0. The average molecular weight is 271 g/mol. The molecule has 2 saturated heterocycles. The van der Waals surface area contributed by atoms with E-state index in [-0.39, 0.29) is 23.9 Å². The molecule has 0 unspecified atom stereocenters. The van der Waals surface area contributed by atoms with E-state index in [2.05, 4.69) is 5.32 Å². The second-order valence-corrected chi connectivity index (χ2v) is 4.87. The molecule has 2 atom stereocenters. The molecule has 0 bridgehead atoms. The summed E-state index contributed by atoms with van der Waals surface area (Å²) < 4.78 is 13.5. The first kappa shape index (κ1) is 13.3. The standard InChI is InChI=1S/C13H15FN2O.ClH/c14-12-4-2-1-3-11(12)13(17)16-7-9-5-15-6-10(9)8-16;/h1-4,9-10,15H,5-8H2;1H/t9-,10+;. The molecule has 2 heterocycles. The SMILES string of the molecule is Cl.O=C(c1ccccc1F)N1C[C@H]2CNC[C@H]2C1. The third-order valence-corrected chi connectivity index (χ3v) is 3.78. The van der Waals surface area contributed by atoms with Crippen LogP contribution in [0.15, 0.2) is 24.3 Å². The summed E-state index contributed by atoms with van der Waals surface area (Å²) in [5.41, 5.74) is 0.195. The van der Waals surface area contributed by atoms with Crippen molar-refractivity contribution in [3.8, 4) is 0 Å². The van der Waals surface area contributed by atoms with Crippen molar-refractivity contribution in [1.29, 1.82) is 0 Å². The van der Waals surface area contributed by atoms with E-state index < -0.39 is 5.82 Å². The molecule has 18 heavy (non-hydrogen) atoms. The maximum atomic E-state index is 13.5. The molecule has 1 amide bonds. The number of hydrogen-bond acceptors (Lipinski definition) is 2. The van der Waals surface area contributed by atoms with E-state index in [0.29, 0.717) is 11.8 Å². The van der Waals surface area contributed by atoms with Crippen LogP contribution in [0.5, 0.6) is 0 Å². The smallest absolute Gasteiger partial charge is 0.256 e. The lowest BCUT2D eigenvalue weighted by Crippen LogP contribution is -2.32. The Balaban J connectivity index is 0.00000120. The van der Waals surface area contributed by atoms with Gasteiger partial charge in [-0.3, -0.25) is 4.79 Å². The van der Waals surface area contributed by atoms with Crippen molar-refractivity contribution in [3.63, 3.8) is 0 Å². The summed E-state index contributed by atoms with van der Waals surface area (Å²) in [5, 5.41) is 3.32. The fourth-order valence-electron chi connectivity index (χ4n) is 2.83. The topological polar surface area (TPSA) is 32.3 Å². The first-order chi connectivity index (χ1) is 8.25. The Morgan fingerprint density at radius 1 is 1.22 bits per heavy atom. The highest BCUT2D eigenvalue weighted by Crippen LogP contribution is 2.27. The van der Waals surface area contributed by atoms with Crippen LogP contribution < -0.4 is 5.32 Å². The number of carbonyl (C=O) groups excluding carboxylic acids is 1. The van der Waals surface area contributed by atoms with Gasteiger partial charge in [-0.1, -0.05) is 12.1 Å². The predicted octanol–water partition coefficient (Wildman–Crippen LogP) is 1.54. The van der Waals surface area contributed by atoms with Crippen LogP contribution in [0.4, 0.5) is 4.39 Å². The van der Waals surface area contributed by atoms with Gasteiger partial charge < -0.3 is 10.2 Å². The first-order valence-corrected chi connectivity index (χ1v) is 6.00. The van der Waals surface area contributed by atoms with Crippen LogP contribution in [-0.4, -0.2) is 37.0 Å². The summed E-state index contributed by atoms with van der Waals surface area (Å²) in [5.74, 6) is 0.502. The van der Waals surface area contributed by atoms with Crippen molar-refractivity contribution in [2.75, 3.05) is 26.2 Å². The van der Waals surface area contributed by atoms with Crippen molar-refractivity contribution in [1.82, 2.24) is 10.2 Å². The number of nitrogens with one attached hydrogen (secondary N) is 1. The molecule has 98 valence electrons. The number of benzene rings is 1. The summed E-state index contributed by atoms with van der Waals surface area (Å²) in [6, 6.07) is 6.21. The quantitative estimate of drug-likeness (QED) is 0.840. The molecule has 1 aromatic rings. The Kier molecular flexibility index (Phi) is 3.88.